The van der Waals surface area contributed by atoms with E-state index in [1.54, 1.807) is 6.26 Å². The van der Waals surface area contributed by atoms with Gasteiger partial charge in [0.2, 0.25) is 0 Å². The number of anilines is 1. The molecule has 1 aliphatic rings. The van der Waals surface area contributed by atoms with Crippen LogP contribution in [0, 0.1) is 0 Å². The summed E-state index contributed by atoms with van der Waals surface area (Å²) in [4.78, 5) is 0. The minimum absolute atomic E-state index is 0.171. The van der Waals surface area contributed by atoms with Gasteiger partial charge < -0.3 is 14.5 Å². The van der Waals surface area contributed by atoms with Crippen molar-refractivity contribution < 1.29 is 9.15 Å². The molecular formula is C12H11NO2. The van der Waals surface area contributed by atoms with Crippen LogP contribution in [0.4, 0.5) is 5.69 Å². The van der Waals surface area contributed by atoms with E-state index < -0.39 is 0 Å². The lowest BCUT2D eigenvalue weighted by atomic mass is 10.1. The number of furan rings is 1. The summed E-state index contributed by atoms with van der Waals surface area (Å²) in [6.07, 6.45) is 1.48. The summed E-state index contributed by atoms with van der Waals surface area (Å²) in [5.74, 6) is 0.810. The lowest BCUT2D eigenvalue weighted by Gasteiger charge is -2.25. The van der Waals surface area contributed by atoms with Gasteiger partial charge in [-0.05, 0) is 18.2 Å². The maximum Gasteiger partial charge on any atom is 0.187 e. The molecule has 1 atom stereocenters. The minimum Gasteiger partial charge on any atom is -0.465 e. The van der Waals surface area contributed by atoms with Crippen LogP contribution in [0.1, 0.15) is 17.6 Å². The number of para-hydroxylation sites is 1. The van der Waals surface area contributed by atoms with Crippen molar-refractivity contribution in [2.45, 2.75) is 12.8 Å². The van der Waals surface area contributed by atoms with Gasteiger partial charge in [0, 0.05) is 11.3 Å². The molecule has 1 unspecified atom stereocenters. The van der Waals surface area contributed by atoms with Crippen molar-refractivity contribution in [3.63, 3.8) is 0 Å². The highest BCUT2D eigenvalue weighted by Gasteiger charge is 2.20. The molecule has 0 radical (unpaired) electrons. The van der Waals surface area contributed by atoms with Crippen LogP contribution in [0.25, 0.3) is 0 Å². The van der Waals surface area contributed by atoms with Gasteiger partial charge in [-0.1, -0.05) is 18.2 Å². The van der Waals surface area contributed by atoms with Crippen molar-refractivity contribution >= 4 is 5.69 Å². The van der Waals surface area contributed by atoms with E-state index >= 15 is 0 Å². The average molecular weight is 201 g/mol. The molecule has 1 aliphatic heterocycles. The van der Waals surface area contributed by atoms with Crippen LogP contribution in [0.5, 0.6) is 0 Å². The number of benzene rings is 1. The van der Waals surface area contributed by atoms with Gasteiger partial charge in [-0.25, -0.2) is 0 Å². The fourth-order valence-corrected chi connectivity index (χ4v) is 1.74. The molecule has 2 aromatic rings. The number of fused-ring (bicyclic) bond motifs is 1. The molecule has 0 bridgehead atoms. The fraction of sp³-hybridized carbons (Fsp3) is 0.167. The van der Waals surface area contributed by atoms with Gasteiger partial charge in [-0.3, -0.25) is 0 Å². The number of hydrogen-bond donors (Lipinski definition) is 1. The molecule has 0 spiro atoms. The zero-order valence-corrected chi connectivity index (χ0v) is 8.14. The van der Waals surface area contributed by atoms with Crippen LogP contribution in [-0.4, -0.2) is 0 Å². The van der Waals surface area contributed by atoms with Gasteiger partial charge in [-0.2, -0.15) is 0 Å². The molecule has 3 nitrogen and oxygen atoms in total. The minimum atomic E-state index is -0.171. The Balaban J connectivity index is 1.89. The normalized spacial score (nSPS) is 19.3. The van der Waals surface area contributed by atoms with Crippen molar-refractivity contribution in [1.29, 1.82) is 0 Å². The number of hydrogen-bond acceptors (Lipinski definition) is 3. The van der Waals surface area contributed by atoms with Crippen molar-refractivity contribution in [2.24, 2.45) is 0 Å². The summed E-state index contributed by atoms with van der Waals surface area (Å²) >= 11 is 0. The Morgan fingerprint density at radius 3 is 2.93 bits per heavy atom. The molecule has 0 aliphatic carbocycles. The molecule has 2 heterocycles. The number of ether oxygens (including phenoxy) is 1. The summed E-state index contributed by atoms with van der Waals surface area (Å²) in [6.45, 7) is 0.620. The highest BCUT2D eigenvalue weighted by Crippen LogP contribution is 2.30. The topological polar surface area (TPSA) is 34.4 Å². The van der Waals surface area contributed by atoms with Crippen molar-refractivity contribution in [2.75, 3.05) is 5.32 Å². The predicted octanol–water partition coefficient (Wildman–Crippen LogP) is 2.92. The summed E-state index contributed by atoms with van der Waals surface area (Å²) < 4.78 is 10.9. The second kappa shape index (κ2) is 3.44. The van der Waals surface area contributed by atoms with E-state index in [9.17, 15) is 0 Å². The Labute approximate surface area is 87.7 Å². The van der Waals surface area contributed by atoms with Gasteiger partial charge in [0.1, 0.15) is 0 Å². The Morgan fingerprint density at radius 1 is 1.13 bits per heavy atom. The third-order valence-corrected chi connectivity index (χ3v) is 2.51. The Kier molecular flexibility index (Phi) is 1.96. The highest BCUT2D eigenvalue weighted by molar-refractivity contribution is 5.52. The second-order valence-electron chi connectivity index (χ2n) is 3.51. The van der Waals surface area contributed by atoms with Gasteiger partial charge in [0.15, 0.2) is 12.0 Å². The molecule has 0 saturated heterocycles. The van der Waals surface area contributed by atoms with Gasteiger partial charge in [-0.15, -0.1) is 0 Å². The van der Waals surface area contributed by atoms with E-state index in [4.69, 9.17) is 9.15 Å². The van der Waals surface area contributed by atoms with Crippen LogP contribution in [0.3, 0.4) is 0 Å². The van der Waals surface area contributed by atoms with Crippen molar-refractivity contribution in [1.82, 2.24) is 0 Å². The van der Waals surface area contributed by atoms with E-state index in [0.29, 0.717) is 6.61 Å². The third-order valence-electron chi connectivity index (χ3n) is 2.51. The second-order valence-corrected chi connectivity index (χ2v) is 3.51. The smallest absolute Gasteiger partial charge is 0.187 e. The fourth-order valence-electron chi connectivity index (χ4n) is 1.74. The van der Waals surface area contributed by atoms with Crippen LogP contribution in [-0.2, 0) is 11.3 Å². The van der Waals surface area contributed by atoms with E-state index in [1.165, 1.54) is 5.56 Å². The predicted molar refractivity (Wildman–Crippen MR) is 56.3 cm³/mol. The van der Waals surface area contributed by atoms with E-state index in [1.807, 2.05) is 30.3 Å². The largest absolute Gasteiger partial charge is 0.465 e. The van der Waals surface area contributed by atoms with Crippen LogP contribution in [0.15, 0.2) is 47.1 Å². The Bertz CT molecular complexity index is 450. The third kappa shape index (κ3) is 1.51. The molecule has 3 rings (SSSR count). The first kappa shape index (κ1) is 8.56. The summed E-state index contributed by atoms with van der Waals surface area (Å²) in [5, 5.41) is 3.28. The number of nitrogens with one attached hydrogen (secondary N) is 1. The standard InChI is InChI=1S/C12H11NO2/c1-2-5-10-9(4-1)8-15-12(13-10)11-6-3-7-14-11/h1-7,12-13H,8H2. The SMILES string of the molecule is c1coc(C2Nc3ccccc3CO2)c1. The van der Waals surface area contributed by atoms with Crippen LogP contribution >= 0.6 is 0 Å². The first-order valence-corrected chi connectivity index (χ1v) is 4.93. The molecule has 1 N–H and O–H groups in total. The molecular weight excluding hydrogens is 190 g/mol. The zero-order chi connectivity index (χ0) is 10.1. The van der Waals surface area contributed by atoms with E-state index in [-0.39, 0.29) is 6.23 Å². The molecule has 1 aromatic carbocycles. The molecule has 0 fully saturated rings. The zero-order valence-electron chi connectivity index (χ0n) is 8.14. The van der Waals surface area contributed by atoms with Crippen LogP contribution < -0.4 is 5.32 Å². The molecule has 15 heavy (non-hydrogen) atoms. The first-order valence-electron chi connectivity index (χ1n) is 4.93. The van der Waals surface area contributed by atoms with Crippen molar-refractivity contribution in [3.05, 3.63) is 54.0 Å². The van der Waals surface area contributed by atoms with E-state index in [2.05, 4.69) is 11.4 Å². The van der Waals surface area contributed by atoms with E-state index in [0.717, 1.165) is 11.4 Å². The van der Waals surface area contributed by atoms with Crippen molar-refractivity contribution in [3.8, 4) is 0 Å². The number of rotatable bonds is 1. The molecule has 0 amide bonds. The first-order chi connectivity index (χ1) is 7.43. The summed E-state index contributed by atoms with van der Waals surface area (Å²) in [5.41, 5.74) is 2.30. The lowest BCUT2D eigenvalue weighted by molar-refractivity contribution is 0.0367. The maximum absolute atomic E-state index is 5.64. The maximum atomic E-state index is 5.64. The van der Waals surface area contributed by atoms with Gasteiger partial charge in [0.05, 0.1) is 12.9 Å². The molecule has 0 saturated carbocycles. The molecule has 1 aromatic heterocycles. The Hall–Kier alpha value is -1.74. The molecule has 3 heteroatoms. The van der Waals surface area contributed by atoms with Gasteiger partial charge in [0.25, 0.3) is 0 Å². The quantitative estimate of drug-likeness (QED) is 0.770. The summed E-state index contributed by atoms with van der Waals surface area (Å²) in [7, 11) is 0. The average Bonchev–Trinajstić information content (AvgIpc) is 2.82. The molecule has 76 valence electrons. The highest BCUT2D eigenvalue weighted by atomic mass is 16.5. The monoisotopic (exact) mass is 201 g/mol. The van der Waals surface area contributed by atoms with Crippen LogP contribution in [0.2, 0.25) is 0 Å². The Morgan fingerprint density at radius 2 is 2.07 bits per heavy atom. The van der Waals surface area contributed by atoms with Gasteiger partial charge >= 0.3 is 0 Å². The summed E-state index contributed by atoms with van der Waals surface area (Å²) in [6, 6.07) is 11.9. The lowest BCUT2D eigenvalue weighted by Crippen LogP contribution is -2.19.